The summed E-state index contributed by atoms with van der Waals surface area (Å²) in [6, 6.07) is 2.70. The molecule has 90 heavy (non-hydrogen) atoms. The van der Waals surface area contributed by atoms with Crippen LogP contribution in [-0.2, 0) is 51.9 Å². The topological polar surface area (TPSA) is 460 Å². The van der Waals surface area contributed by atoms with Crippen molar-refractivity contribution < 1.29 is 67.0 Å². The van der Waals surface area contributed by atoms with Crippen LogP contribution in [0.4, 0.5) is 0 Å². The van der Waals surface area contributed by atoms with E-state index in [1.54, 1.807) is 4.57 Å². The number of hydrogen-bond donors (Lipinski definition) is 11. The predicted molar refractivity (Wildman–Crippen MR) is 334 cm³/mol. The maximum atomic E-state index is 14.4. The highest BCUT2D eigenvalue weighted by molar-refractivity contribution is 7.47. The number of imidazole rings is 1. The predicted octanol–water partition coefficient (Wildman–Crippen LogP) is 3.16. The Morgan fingerprint density at radius 1 is 0.800 bits per heavy atom. The maximum absolute atomic E-state index is 14.4. The maximum Gasteiger partial charge on any atom is 0.472 e. The van der Waals surface area contributed by atoms with E-state index in [1.165, 1.54) is 13.3 Å². The first-order chi connectivity index (χ1) is 41.8. The van der Waals surface area contributed by atoms with Gasteiger partial charge >= 0.3 is 7.82 Å². The molecule has 7 amide bonds. The van der Waals surface area contributed by atoms with Crippen molar-refractivity contribution in [3.8, 4) is 0 Å². The largest absolute Gasteiger partial charge is 0.472 e. The normalized spacial score (nSPS) is 33.4. The van der Waals surface area contributed by atoms with E-state index in [9.17, 15) is 53.2 Å². The molecule has 0 saturated carbocycles. The van der Waals surface area contributed by atoms with Crippen molar-refractivity contribution in [3.63, 3.8) is 0 Å². The zero-order valence-electron chi connectivity index (χ0n) is 53.3. The summed E-state index contributed by atoms with van der Waals surface area (Å²) in [6.07, 6.45) is -4.26. The van der Waals surface area contributed by atoms with E-state index >= 15 is 0 Å². The number of aromatic nitrogens is 2. The molecular weight excluding hydrogens is 1180 g/mol. The molecule has 2 fully saturated rings. The van der Waals surface area contributed by atoms with Gasteiger partial charge in [0.25, 0.3) is 0 Å². The third kappa shape index (κ3) is 13.0. The lowest BCUT2D eigenvalue weighted by Gasteiger charge is -2.48. The van der Waals surface area contributed by atoms with E-state index in [0.29, 0.717) is 56.4 Å². The van der Waals surface area contributed by atoms with Crippen LogP contribution in [0.1, 0.15) is 150 Å². The molecule has 6 aliphatic rings. The van der Waals surface area contributed by atoms with E-state index < -0.39 is 143 Å². The number of aliphatic hydroxyl groups excluding tert-OH is 2. The Labute approximate surface area is 523 Å². The summed E-state index contributed by atoms with van der Waals surface area (Å²) in [4.78, 5) is 126. The quantitative estimate of drug-likeness (QED) is 0.0603. The number of ether oxygens (including phenoxy) is 1. The van der Waals surface area contributed by atoms with Crippen molar-refractivity contribution in [2.75, 3.05) is 13.2 Å². The first-order valence-electron chi connectivity index (χ1n) is 30.6. The number of hydrogen-bond acceptors (Lipinski definition) is 18. The fraction of sp³-hybridized carbons (Fsp3) is 0.629. The van der Waals surface area contributed by atoms with Crippen LogP contribution in [0, 0.1) is 59.2 Å². The van der Waals surface area contributed by atoms with Crippen molar-refractivity contribution >= 4 is 77.3 Å². The van der Waals surface area contributed by atoms with Crippen LogP contribution in [0.5, 0.6) is 0 Å². The van der Waals surface area contributed by atoms with Crippen LogP contribution < -0.4 is 45.0 Å². The lowest BCUT2D eigenvalue weighted by Crippen LogP contribution is -2.56. The number of phosphoric acid groups is 1. The molecule has 8 bridgehead atoms. The summed E-state index contributed by atoms with van der Waals surface area (Å²) in [5.74, 6) is -7.18. The average Bonchev–Trinajstić information content (AvgIpc) is 1.53. The number of primary amides is 6. The Morgan fingerprint density at radius 3 is 1.99 bits per heavy atom. The van der Waals surface area contributed by atoms with Gasteiger partial charge in [-0.25, -0.2) is 9.55 Å². The van der Waals surface area contributed by atoms with Crippen molar-refractivity contribution in [2.24, 2.45) is 94.7 Å². The number of amides is 7. The minimum Gasteiger partial charge on any atom is -0.394 e. The van der Waals surface area contributed by atoms with Crippen molar-refractivity contribution in [1.29, 1.82) is 0 Å². The van der Waals surface area contributed by atoms with Crippen molar-refractivity contribution in [2.45, 2.75) is 189 Å². The second-order valence-corrected chi connectivity index (χ2v) is 28.4. The van der Waals surface area contributed by atoms with Gasteiger partial charge in [0.05, 0.1) is 41.7 Å². The Morgan fingerprint density at radius 2 is 1.40 bits per heavy atom. The number of aliphatic imine (C=N–C) groups is 3. The molecule has 27 nitrogen and oxygen atoms in total. The first-order valence-corrected chi connectivity index (χ1v) is 32.1. The standard InChI is InChI=1S/C62H90N13O14P/c1-29-20-39-40(21-30(29)2)75(28-70-39)57-52(84)53(41(27-76)87-57)89-90(85,86)88-31(3)26-69-49(83)18-19-59(8)37(22-46(66)80)56-62(11)61(10,25-48(68)82)36(14-17-45(65)79)51(74-62)33(5)55-60(9,24-47(67)81)34(12-15-43(63)77)38(71-55)23-42-58(6,7)35(13-16-44(64)78)50(72-42)32(4)54(59)73-56/h20-21,23,28,31,34-37,41,52-53,56-57,71,76,84H,12-19,22,24-27H2,1-11H3,(H2,63,77)(H2,64,78)(H2,65,79)(H2,66,80)(H2,67,81)(H2,68,82)(H,69,83)(H,85,86)/b38-23-,50-32-,55-33?/t31?,34-,35?,36?,37+,41+,52?,53-,56?,57-,59?,60?,61+,62?/m0/s1. The summed E-state index contributed by atoms with van der Waals surface area (Å²) in [5.41, 5.74) is 37.4. The van der Waals surface area contributed by atoms with Gasteiger partial charge in [-0.1, -0.05) is 34.6 Å². The van der Waals surface area contributed by atoms with E-state index in [4.69, 9.17) is 63.2 Å². The third-order valence-corrected chi connectivity index (χ3v) is 21.7. The van der Waals surface area contributed by atoms with Crippen LogP contribution in [0.3, 0.4) is 0 Å². The second-order valence-electron chi connectivity index (χ2n) is 27.1. The molecule has 0 aliphatic carbocycles. The highest BCUT2D eigenvalue weighted by atomic mass is 31.2. The lowest BCUT2D eigenvalue weighted by atomic mass is 9.55. The van der Waals surface area contributed by atoms with Gasteiger partial charge < -0.3 is 69.4 Å². The number of nitrogens with zero attached hydrogens (tertiary/aromatic N) is 5. The second kappa shape index (κ2) is 25.6. The molecule has 6 aliphatic heterocycles. The van der Waals surface area contributed by atoms with Gasteiger partial charge in [-0.2, -0.15) is 0 Å². The summed E-state index contributed by atoms with van der Waals surface area (Å²) in [5, 5.41) is 28.2. The molecule has 2 saturated heterocycles. The zero-order valence-corrected chi connectivity index (χ0v) is 54.1. The number of nitrogens with one attached hydrogen (secondary N) is 2. The summed E-state index contributed by atoms with van der Waals surface area (Å²) < 4.78 is 32.3. The number of fused-ring (bicyclic) bond motifs is 7. The van der Waals surface area contributed by atoms with Gasteiger partial charge in [0.15, 0.2) is 6.23 Å². The Balaban J connectivity index is 1.19. The molecule has 7 heterocycles. The molecule has 17 N–H and O–H groups in total. The number of carbonyl (C=O) groups is 7. The van der Waals surface area contributed by atoms with Crippen LogP contribution in [0.25, 0.3) is 11.0 Å². The number of phosphoric ester groups is 1. The fourth-order valence-corrected chi connectivity index (χ4v) is 16.6. The van der Waals surface area contributed by atoms with E-state index in [0.717, 1.165) is 11.1 Å². The third-order valence-electron chi connectivity index (χ3n) is 20.6. The van der Waals surface area contributed by atoms with Gasteiger partial charge in [0, 0.05) is 131 Å². The van der Waals surface area contributed by atoms with Gasteiger partial charge in [-0.05, 0) is 108 Å². The SMILES string of the molecule is CC1=C2N/C(=C\C3=NC(=C(/C)C4=NC([C@@H](CC(N)=O)C4(C)CCC(=O)NCC(C)OP(=O)(O)O[C@@H]4C(O)[C@@H](n5cnc6cc(C)c(C)cc65)O[C@@H]4CO)C4(C)N=C1C(CCC(N)=O)[C@@]4(C)CC(N)=O)/C(CCC(N)=O)C3(C)C)[C@H](CCC(N)=O)C2(C)CC(N)=O. The highest BCUT2D eigenvalue weighted by Crippen LogP contribution is 2.63. The summed E-state index contributed by atoms with van der Waals surface area (Å²) in [7, 11) is -5.07. The van der Waals surface area contributed by atoms with Gasteiger partial charge in [0.2, 0.25) is 41.4 Å². The van der Waals surface area contributed by atoms with Gasteiger partial charge in [-0.15, -0.1) is 0 Å². The van der Waals surface area contributed by atoms with Crippen molar-refractivity contribution in [1.82, 2.24) is 20.2 Å². The molecule has 2 aromatic rings. The van der Waals surface area contributed by atoms with Crippen LogP contribution in [0.2, 0.25) is 0 Å². The molecule has 0 radical (unpaired) electrons. The zero-order chi connectivity index (χ0) is 66.7. The number of allylic oxidation sites excluding steroid dienone is 6. The number of aryl methyl sites for hydroxylation is 2. The van der Waals surface area contributed by atoms with Gasteiger partial charge in [0.1, 0.15) is 18.3 Å². The first kappa shape index (κ1) is 68.9. The Kier molecular flexibility index (Phi) is 19.6. The van der Waals surface area contributed by atoms with Crippen LogP contribution in [-0.4, -0.2) is 132 Å². The smallest absolute Gasteiger partial charge is 0.394 e. The highest BCUT2D eigenvalue weighted by Gasteiger charge is 2.66. The molecule has 8 rings (SSSR count). The molecule has 15 atom stereocenters. The lowest BCUT2D eigenvalue weighted by molar-refractivity contribution is -0.124. The number of carbonyl (C=O) groups excluding carboxylic acids is 7. The minimum absolute atomic E-state index is 0.0114. The molecule has 1 aromatic heterocycles. The number of rotatable bonds is 26. The van der Waals surface area contributed by atoms with E-state index in [-0.39, 0.29) is 77.2 Å². The summed E-state index contributed by atoms with van der Waals surface area (Å²) in [6.45, 7) is 19.3. The van der Waals surface area contributed by atoms with E-state index in [2.05, 4.69) is 15.6 Å². The molecule has 9 unspecified atom stereocenters. The molecular formula is C62H90N13O14P. The fourth-order valence-electron chi connectivity index (χ4n) is 15.4. The number of aliphatic hydroxyl groups is 2. The van der Waals surface area contributed by atoms with Gasteiger partial charge in [-0.3, -0.25) is 57.6 Å². The van der Waals surface area contributed by atoms with Crippen LogP contribution >= 0.6 is 7.82 Å². The van der Waals surface area contributed by atoms with E-state index in [1.807, 2.05) is 87.4 Å². The number of nitrogens with two attached hydrogens (primary N) is 6. The summed E-state index contributed by atoms with van der Waals surface area (Å²) >= 11 is 0. The molecule has 0 spiro atoms. The molecule has 492 valence electrons. The average molecular weight is 1270 g/mol. The number of benzene rings is 1. The Hall–Kier alpha value is -7.00. The molecule has 1 aromatic carbocycles. The van der Waals surface area contributed by atoms with Crippen molar-refractivity contribution in [3.05, 3.63) is 63.9 Å². The van der Waals surface area contributed by atoms with Crippen LogP contribution in [0.15, 0.2) is 67.8 Å². The Bertz CT molecular complexity index is 3540. The minimum atomic E-state index is -5.07. The monoisotopic (exact) mass is 1270 g/mol. The molecule has 28 heteroatoms.